The predicted octanol–water partition coefficient (Wildman–Crippen LogP) is 1.32. The molecular formula is C7H9ClN2O. The number of aryl methyl sites for hydroxylation is 1. The number of imidazole rings is 1. The van der Waals surface area contributed by atoms with Crippen LogP contribution in [0.4, 0.5) is 0 Å². The van der Waals surface area contributed by atoms with Crippen molar-refractivity contribution in [1.29, 1.82) is 0 Å². The molecule has 0 N–H and O–H groups in total. The summed E-state index contributed by atoms with van der Waals surface area (Å²) in [5.74, 6) is 1.08. The highest BCUT2D eigenvalue weighted by molar-refractivity contribution is 6.17. The average Bonchev–Trinajstić information content (AvgIpc) is 2.47. The second-order valence-electron chi connectivity index (χ2n) is 2.14. The van der Waals surface area contributed by atoms with Gasteiger partial charge in [-0.15, -0.1) is 11.6 Å². The molecule has 1 aromatic heterocycles. The minimum Gasteiger partial charge on any atom is -0.329 e. The Morgan fingerprint density at radius 1 is 1.73 bits per heavy atom. The van der Waals surface area contributed by atoms with Crippen LogP contribution in [-0.4, -0.2) is 21.7 Å². The first-order valence-corrected chi connectivity index (χ1v) is 3.94. The van der Waals surface area contributed by atoms with E-state index in [-0.39, 0.29) is 0 Å². The maximum absolute atomic E-state index is 10.3. The van der Waals surface area contributed by atoms with Gasteiger partial charge in [-0.25, -0.2) is 4.98 Å². The Kier molecular flexibility index (Phi) is 3.11. The van der Waals surface area contributed by atoms with Gasteiger partial charge in [0.05, 0.1) is 0 Å². The fourth-order valence-electron chi connectivity index (χ4n) is 0.858. The quantitative estimate of drug-likeness (QED) is 0.507. The predicted molar refractivity (Wildman–Crippen MR) is 43.0 cm³/mol. The highest BCUT2D eigenvalue weighted by Gasteiger charge is 1.98. The number of aromatic nitrogens is 2. The van der Waals surface area contributed by atoms with Crippen LogP contribution in [0.3, 0.4) is 0 Å². The third-order valence-electron chi connectivity index (χ3n) is 1.39. The molecule has 1 rings (SSSR count). The summed E-state index contributed by atoms with van der Waals surface area (Å²) in [7, 11) is 0. The molecule has 1 aromatic rings. The lowest BCUT2D eigenvalue weighted by atomic mass is 10.4. The van der Waals surface area contributed by atoms with E-state index >= 15 is 0 Å². The standard InChI is InChI=1S/C7H9ClN2O/c8-2-1-4-10-5-3-9-7(10)6-11/h3,5-6H,1-2,4H2. The van der Waals surface area contributed by atoms with Crippen molar-refractivity contribution in [1.82, 2.24) is 9.55 Å². The van der Waals surface area contributed by atoms with Crippen molar-refractivity contribution in [3.8, 4) is 0 Å². The Hall–Kier alpha value is -0.830. The first kappa shape index (κ1) is 8.27. The molecule has 0 radical (unpaired) electrons. The maximum atomic E-state index is 10.3. The van der Waals surface area contributed by atoms with Gasteiger partial charge in [0.2, 0.25) is 0 Å². The number of hydrogen-bond acceptors (Lipinski definition) is 2. The third kappa shape index (κ3) is 2.05. The van der Waals surface area contributed by atoms with Crippen LogP contribution in [0.5, 0.6) is 0 Å². The zero-order chi connectivity index (χ0) is 8.10. The molecule has 11 heavy (non-hydrogen) atoms. The number of hydrogen-bond donors (Lipinski definition) is 0. The summed E-state index contributed by atoms with van der Waals surface area (Å²) in [5, 5.41) is 0. The summed E-state index contributed by atoms with van der Waals surface area (Å²) >= 11 is 5.49. The largest absolute Gasteiger partial charge is 0.329 e. The number of rotatable bonds is 4. The first-order chi connectivity index (χ1) is 5.38. The molecule has 0 aliphatic carbocycles. The van der Waals surface area contributed by atoms with E-state index in [4.69, 9.17) is 11.6 Å². The van der Waals surface area contributed by atoms with Crippen LogP contribution in [0.2, 0.25) is 0 Å². The monoisotopic (exact) mass is 172 g/mol. The van der Waals surface area contributed by atoms with Crippen molar-refractivity contribution in [2.75, 3.05) is 5.88 Å². The van der Waals surface area contributed by atoms with Crippen LogP contribution >= 0.6 is 11.6 Å². The van der Waals surface area contributed by atoms with Crippen LogP contribution in [0.15, 0.2) is 12.4 Å². The lowest BCUT2D eigenvalue weighted by Crippen LogP contribution is -2.02. The van der Waals surface area contributed by atoms with E-state index in [1.165, 1.54) is 0 Å². The molecule has 0 aromatic carbocycles. The zero-order valence-electron chi connectivity index (χ0n) is 6.03. The van der Waals surface area contributed by atoms with E-state index in [9.17, 15) is 4.79 Å². The first-order valence-electron chi connectivity index (χ1n) is 3.40. The molecule has 4 heteroatoms. The normalized spacial score (nSPS) is 9.91. The molecule has 60 valence electrons. The lowest BCUT2D eigenvalue weighted by Gasteiger charge is -1.99. The number of carbonyl (C=O) groups is 1. The summed E-state index contributed by atoms with van der Waals surface area (Å²) < 4.78 is 1.79. The fourth-order valence-corrected chi connectivity index (χ4v) is 0.978. The molecule has 0 aliphatic rings. The molecule has 0 spiro atoms. The molecule has 0 fully saturated rings. The molecule has 0 atom stereocenters. The molecule has 0 saturated carbocycles. The van der Waals surface area contributed by atoms with E-state index in [1.807, 2.05) is 0 Å². The molecule has 3 nitrogen and oxygen atoms in total. The Morgan fingerprint density at radius 2 is 2.55 bits per heavy atom. The minimum atomic E-state index is 0.468. The van der Waals surface area contributed by atoms with Gasteiger partial charge in [0.15, 0.2) is 12.1 Å². The van der Waals surface area contributed by atoms with Gasteiger partial charge in [0.25, 0.3) is 0 Å². The van der Waals surface area contributed by atoms with Crippen molar-refractivity contribution >= 4 is 17.9 Å². The van der Waals surface area contributed by atoms with Crippen LogP contribution < -0.4 is 0 Å². The number of carbonyl (C=O) groups excluding carboxylic acids is 1. The van der Waals surface area contributed by atoms with Crippen LogP contribution in [0.1, 0.15) is 17.0 Å². The summed E-state index contributed by atoms with van der Waals surface area (Å²) in [4.78, 5) is 14.2. The van der Waals surface area contributed by atoms with Gasteiger partial charge >= 0.3 is 0 Å². The molecule has 0 saturated heterocycles. The second kappa shape index (κ2) is 4.13. The number of aldehydes is 1. The SMILES string of the molecule is O=Cc1nccn1CCCCl. The molecule has 0 unspecified atom stereocenters. The van der Waals surface area contributed by atoms with Crippen molar-refractivity contribution in [2.24, 2.45) is 0 Å². The topological polar surface area (TPSA) is 34.9 Å². The van der Waals surface area contributed by atoms with Crippen molar-refractivity contribution in [2.45, 2.75) is 13.0 Å². The van der Waals surface area contributed by atoms with Crippen molar-refractivity contribution < 1.29 is 4.79 Å². The summed E-state index contributed by atoms with van der Waals surface area (Å²) in [6.07, 6.45) is 4.99. The number of nitrogens with zero attached hydrogens (tertiary/aromatic N) is 2. The fraction of sp³-hybridized carbons (Fsp3) is 0.429. The number of halogens is 1. The third-order valence-corrected chi connectivity index (χ3v) is 1.65. The van der Waals surface area contributed by atoms with Crippen LogP contribution in [0.25, 0.3) is 0 Å². The van der Waals surface area contributed by atoms with E-state index in [2.05, 4.69) is 4.98 Å². The van der Waals surface area contributed by atoms with Gasteiger partial charge in [-0.1, -0.05) is 0 Å². The second-order valence-corrected chi connectivity index (χ2v) is 2.52. The minimum absolute atomic E-state index is 0.468. The van der Waals surface area contributed by atoms with E-state index < -0.39 is 0 Å². The van der Waals surface area contributed by atoms with Crippen LogP contribution in [-0.2, 0) is 6.54 Å². The summed E-state index contributed by atoms with van der Waals surface area (Å²) in [6.45, 7) is 0.761. The highest BCUT2D eigenvalue weighted by Crippen LogP contribution is 1.97. The molecule has 0 amide bonds. The van der Waals surface area contributed by atoms with Gasteiger partial charge in [-0.2, -0.15) is 0 Å². The van der Waals surface area contributed by atoms with Crippen molar-refractivity contribution in [3.05, 3.63) is 18.2 Å². The average molecular weight is 173 g/mol. The zero-order valence-corrected chi connectivity index (χ0v) is 6.79. The Morgan fingerprint density at radius 3 is 3.18 bits per heavy atom. The van der Waals surface area contributed by atoms with Gasteiger partial charge in [0.1, 0.15) is 0 Å². The Balaban J connectivity index is 2.61. The molecular weight excluding hydrogens is 164 g/mol. The smallest absolute Gasteiger partial charge is 0.185 e. The van der Waals surface area contributed by atoms with Gasteiger partial charge in [0, 0.05) is 24.8 Å². The highest BCUT2D eigenvalue weighted by atomic mass is 35.5. The summed E-state index contributed by atoms with van der Waals surface area (Å²) in [5.41, 5.74) is 0. The van der Waals surface area contributed by atoms with E-state index in [0.29, 0.717) is 11.7 Å². The molecule has 1 heterocycles. The van der Waals surface area contributed by atoms with Gasteiger partial charge < -0.3 is 4.57 Å². The van der Waals surface area contributed by atoms with Gasteiger partial charge in [-0.3, -0.25) is 4.79 Å². The van der Waals surface area contributed by atoms with Crippen molar-refractivity contribution in [3.63, 3.8) is 0 Å². The van der Waals surface area contributed by atoms with Gasteiger partial charge in [-0.05, 0) is 6.42 Å². The van der Waals surface area contributed by atoms with E-state index in [0.717, 1.165) is 19.3 Å². The lowest BCUT2D eigenvalue weighted by molar-refractivity contribution is 0.111. The Labute approximate surface area is 70.0 Å². The van der Waals surface area contributed by atoms with Crippen LogP contribution in [0, 0.1) is 0 Å². The number of alkyl halides is 1. The Bertz CT molecular complexity index is 234. The summed E-state index contributed by atoms with van der Waals surface area (Å²) in [6, 6.07) is 0. The van der Waals surface area contributed by atoms with E-state index in [1.54, 1.807) is 17.0 Å². The molecule has 0 bridgehead atoms. The molecule has 0 aliphatic heterocycles. The maximum Gasteiger partial charge on any atom is 0.185 e.